The molecule has 1 aromatic rings. The summed E-state index contributed by atoms with van der Waals surface area (Å²) in [6.07, 6.45) is 0. The van der Waals surface area contributed by atoms with Gasteiger partial charge in [0.15, 0.2) is 0 Å². The summed E-state index contributed by atoms with van der Waals surface area (Å²) >= 11 is 4.71. The maximum Gasteiger partial charge on any atom is 0.352 e. The second-order valence-corrected chi connectivity index (χ2v) is 10.7. The van der Waals surface area contributed by atoms with Crippen molar-refractivity contribution >= 4 is 69.3 Å². The van der Waals surface area contributed by atoms with Gasteiger partial charge in [-0.2, -0.15) is 0 Å². The number of carboxylic acids is 1. The fourth-order valence-electron chi connectivity index (χ4n) is 2.99. The average Bonchev–Trinajstić information content (AvgIpc) is 3.31. The Morgan fingerprint density at radius 2 is 2.17 bits per heavy atom. The van der Waals surface area contributed by atoms with Crippen LogP contribution in [0, 0.1) is 0 Å². The number of thioether (sulfide) groups is 4. The molecule has 3 aliphatic heterocycles. The highest BCUT2D eigenvalue weighted by Crippen LogP contribution is 2.42. The highest BCUT2D eigenvalue weighted by Gasteiger charge is 2.54. The lowest BCUT2D eigenvalue weighted by Gasteiger charge is -2.49. The van der Waals surface area contributed by atoms with Gasteiger partial charge in [-0.15, -0.1) is 16.9 Å². The van der Waals surface area contributed by atoms with E-state index in [1.54, 1.807) is 7.05 Å². The lowest BCUT2D eigenvalue weighted by Crippen LogP contribution is -2.71. The molecule has 0 aliphatic carbocycles. The van der Waals surface area contributed by atoms with Crippen molar-refractivity contribution in [3.05, 3.63) is 11.3 Å². The van der Waals surface area contributed by atoms with E-state index >= 15 is 0 Å². The fourth-order valence-corrected chi connectivity index (χ4v) is 7.48. The summed E-state index contributed by atoms with van der Waals surface area (Å²) in [5.74, 6) is -0.909. The van der Waals surface area contributed by atoms with E-state index in [1.807, 2.05) is 0 Å². The zero-order chi connectivity index (χ0) is 20.7. The van der Waals surface area contributed by atoms with Gasteiger partial charge in [0, 0.05) is 24.3 Å². The van der Waals surface area contributed by atoms with E-state index in [2.05, 4.69) is 20.8 Å². The molecule has 3 atom stereocenters. The molecule has 3 unspecified atom stereocenters. The molecule has 11 nitrogen and oxygen atoms in total. The highest BCUT2D eigenvalue weighted by atomic mass is 32.2. The second kappa shape index (κ2) is 8.20. The van der Waals surface area contributed by atoms with E-state index in [9.17, 15) is 24.3 Å². The molecule has 154 valence electrons. The fraction of sp³-hybridized carbons (Fsp3) is 0.500. The first kappa shape index (κ1) is 20.6. The summed E-state index contributed by atoms with van der Waals surface area (Å²) in [6, 6.07) is -0.791. The van der Waals surface area contributed by atoms with Gasteiger partial charge in [-0.1, -0.05) is 35.3 Å². The maximum absolute atomic E-state index is 12.6. The van der Waals surface area contributed by atoms with Gasteiger partial charge in [-0.3, -0.25) is 19.3 Å². The molecule has 2 N–H and O–H groups in total. The Kier molecular flexibility index (Phi) is 5.81. The molecule has 0 bridgehead atoms. The number of fused-ring (bicyclic) bond motifs is 1. The van der Waals surface area contributed by atoms with Crippen LogP contribution >= 0.6 is 47.0 Å². The van der Waals surface area contributed by atoms with Crippen LogP contribution in [0.4, 0.5) is 4.79 Å². The Labute approximate surface area is 181 Å². The van der Waals surface area contributed by atoms with Crippen LogP contribution in [0.15, 0.2) is 16.4 Å². The minimum atomic E-state index is -1.19. The van der Waals surface area contributed by atoms with Gasteiger partial charge in [0.2, 0.25) is 15.5 Å². The molecule has 3 aliphatic rings. The molecule has 0 radical (unpaired) electrons. The normalized spacial score (nSPS) is 26.4. The first-order valence-electron chi connectivity index (χ1n) is 8.25. The highest BCUT2D eigenvalue weighted by molar-refractivity contribution is 8.41. The lowest BCUT2D eigenvalue weighted by molar-refractivity contribution is -0.150. The molecule has 2 fully saturated rings. The van der Waals surface area contributed by atoms with Crippen molar-refractivity contribution in [3.8, 4) is 0 Å². The number of rotatable bonds is 6. The van der Waals surface area contributed by atoms with Crippen LogP contribution in [-0.4, -0.2) is 86.4 Å². The summed E-state index contributed by atoms with van der Waals surface area (Å²) in [4.78, 5) is 49.4. The zero-order valence-electron chi connectivity index (χ0n) is 14.8. The molecule has 1 aromatic heterocycles. The molecule has 0 aromatic carbocycles. The van der Waals surface area contributed by atoms with Crippen molar-refractivity contribution in [1.82, 2.24) is 30.4 Å². The van der Waals surface area contributed by atoms with Gasteiger partial charge < -0.3 is 10.4 Å². The molecule has 4 rings (SSSR count). The number of carboxylic acid groups (broad SMARTS) is 1. The number of β-lactam (4-membered cyclic amide) rings is 1. The second-order valence-electron chi connectivity index (χ2n) is 6.19. The molecule has 29 heavy (non-hydrogen) atoms. The first-order valence-corrected chi connectivity index (χ1v) is 12.2. The van der Waals surface area contributed by atoms with Crippen LogP contribution in [0.25, 0.3) is 0 Å². The van der Waals surface area contributed by atoms with Gasteiger partial charge in [-0.05, 0) is 16.0 Å². The molecule has 2 amide bonds. The Hall–Kier alpha value is -1.71. The van der Waals surface area contributed by atoms with Crippen LogP contribution in [0.2, 0.25) is 0 Å². The van der Waals surface area contributed by atoms with E-state index in [0.717, 1.165) is 23.5 Å². The molecule has 0 spiro atoms. The average molecular weight is 475 g/mol. The third kappa shape index (κ3) is 3.87. The van der Waals surface area contributed by atoms with E-state index < -0.39 is 28.5 Å². The molecule has 2 saturated heterocycles. The molecule has 4 heterocycles. The summed E-state index contributed by atoms with van der Waals surface area (Å²) in [6.45, 7) is 0. The van der Waals surface area contributed by atoms with E-state index in [-0.39, 0.29) is 16.1 Å². The Morgan fingerprint density at radius 3 is 2.79 bits per heavy atom. The van der Waals surface area contributed by atoms with Crippen LogP contribution < -0.4 is 5.32 Å². The summed E-state index contributed by atoms with van der Waals surface area (Å²) < 4.78 is 1.37. The smallest absolute Gasteiger partial charge is 0.352 e. The van der Waals surface area contributed by atoms with Crippen LogP contribution in [-0.2, 0) is 21.4 Å². The maximum atomic E-state index is 12.6. The molecule has 0 saturated carbocycles. The Morgan fingerprint density at radius 1 is 1.38 bits per heavy atom. The van der Waals surface area contributed by atoms with Crippen molar-refractivity contribution in [3.63, 3.8) is 0 Å². The van der Waals surface area contributed by atoms with Gasteiger partial charge in [0.25, 0.3) is 5.91 Å². The summed E-state index contributed by atoms with van der Waals surface area (Å²) in [5.41, 5.74) is 0.547. The largest absolute Gasteiger partial charge is 0.477 e. The summed E-state index contributed by atoms with van der Waals surface area (Å²) in [5, 5.41) is 23.0. The van der Waals surface area contributed by atoms with Gasteiger partial charge in [0.1, 0.15) is 22.4 Å². The van der Waals surface area contributed by atoms with Gasteiger partial charge in [0.05, 0.1) is 0 Å². The number of nitrogens with zero attached hydrogens (tertiary/aromatic N) is 5. The number of hydrogen-bond acceptors (Lipinski definition) is 11. The van der Waals surface area contributed by atoms with Gasteiger partial charge in [-0.25, -0.2) is 9.48 Å². The minimum absolute atomic E-state index is 0.0483. The third-order valence-corrected chi connectivity index (χ3v) is 9.27. The number of aromatic nitrogens is 4. The number of amides is 2. The number of nitrogens with one attached hydrogen (secondary N) is 1. The first-order chi connectivity index (χ1) is 13.9. The quantitative estimate of drug-likeness (QED) is 0.423. The topological polar surface area (TPSA) is 147 Å². The standard InChI is InChI=1S/C14H14N6O5S4/c1-19-13(16-17-18-19)27-3-5-2-26-11-7(10(22)20(11)8(5)12(23)24)15-9(21)6-4-28-14(25)29-6/h6-7,11H,2-4H2,1H3,(H,15,21)(H,23,24). The molecular formula is C14H14N6O5S4. The predicted octanol–water partition coefficient (Wildman–Crippen LogP) is 0.00940. The molecular weight excluding hydrogens is 460 g/mol. The molecule has 15 heteroatoms. The Balaban J connectivity index is 1.45. The van der Waals surface area contributed by atoms with Crippen molar-refractivity contribution in [2.45, 2.75) is 21.8 Å². The number of hydrogen-bond donors (Lipinski definition) is 2. The van der Waals surface area contributed by atoms with Crippen LogP contribution in [0.3, 0.4) is 0 Å². The zero-order valence-corrected chi connectivity index (χ0v) is 18.1. The van der Waals surface area contributed by atoms with Gasteiger partial charge >= 0.3 is 5.97 Å². The Bertz CT molecular complexity index is 935. The van der Waals surface area contributed by atoms with E-state index in [0.29, 0.717) is 28.0 Å². The number of carbonyl (C=O) groups excluding carboxylic acids is 3. The van der Waals surface area contributed by atoms with Crippen LogP contribution in [0.5, 0.6) is 0 Å². The van der Waals surface area contributed by atoms with Crippen molar-refractivity contribution < 1.29 is 24.3 Å². The number of aliphatic carboxylic acids is 1. The van der Waals surface area contributed by atoms with Crippen molar-refractivity contribution in [2.75, 3.05) is 17.3 Å². The van der Waals surface area contributed by atoms with Crippen LogP contribution in [0.1, 0.15) is 0 Å². The van der Waals surface area contributed by atoms with Crippen molar-refractivity contribution in [2.24, 2.45) is 7.05 Å². The summed E-state index contributed by atoms with van der Waals surface area (Å²) in [7, 11) is 1.68. The number of carbonyl (C=O) groups is 4. The predicted molar refractivity (Wildman–Crippen MR) is 108 cm³/mol. The monoisotopic (exact) mass is 474 g/mol. The minimum Gasteiger partial charge on any atom is -0.477 e. The van der Waals surface area contributed by atoms with Crippen molar-refractivity contribution in [1.29, 1.82) is 0 Å². The van der Waals surface area contributed by atoms with E-state index in [1.165, 1.54) is 33.1 Å². The SMILES string of the molecule is Cn1nnnc1SCC1=C(C(=O)O)N2C(=O)C(NC(=O)C3CSC(=O)S3)C2SC1. The number of tetrazole rings is 1. The third-order valence-electron chi connectivity index (χ3n) is 4.39. The lowest BCUT2D eigenvalue weighted by atomic mass is 10.0. The number of aryl methyl sites for hydroxylation is 1. The van der Waals surface area contributed by atoms with E-state index in [4.69, 9.17) is 0 Å².